The Morgan fingerprint density at radius 3 is 2.07 bits per heavy atom. The van der Waals surface area contributed by atoms with Crippen molar-refractivity contribution < 1.29 is 45.9 Å². The first-order valence-electron chi connectivity index (χ1n) is 18.0. The van der Waals surface area contributed by atoms with Gasteiger partial charge in [0, 0.05) is 39.1 Å². The summed E-state index contributed by atoms with van der Waals surface area (Å²) in [6, 6.07) is 1.35. The maximum Gasteiger partial charge on any atom is 0.337 e. The first-order chi connectivity index (χ1) is 24.7. The third-order valence-electron chi connectivity index (χ3n) is 10.6. The largest absolute Gasteiger partial charge is 0.465 e. The number of halogens is 2. The van der Waals surface area contributed by atoms with E-state index in [-0.39, 0.29) is 36.9 Å². The van der Waals surface area contributed by atoms with E-state index in [2.05, 4.69) is 26.0 Å². The molecule has 3 rings (SSSR count). The van der Waals surface area contributed by atoms with Gasteiger partial charge in [-0.2, -0.15) is 0 Å². The smallest absolute Gasteiger partial charge is 0.337 e. The Labute approximate surface area is 317 Å². The summed E-state index contributed by atoms with van der Waals surface area (Å²) >= 11 is 0. The van der Waals surface area contributed by atoms with Crippen LogP contribution >= 0.6 is 0 Å². The summed E-state index contributed by atoms with van der Waals surface area (Å²) in [6.07, 6.45) is -2.47. The monoisotopic (exact) mass is 784 g/mol. The van der Waals surface area contributed by atoms with Crippen LogP contribution in [0.1, 0.15) is 77.7 Å². The fourth-order valence-electron chi connectivity index (χ4n) is 6.93. The molecule has 0 spiro atoms. The number of likely N-dealkylation sites (N-methyl/N-ethyl adjacent to an activating group) is 1. The van der Waals surface area contributed by atoms with Crippen molar-refractivity contribution in [2.45, 2.75) is 98.8 Å². The van der Waals surface area contributed by atoms with E-state index in [0.717, 1.165) is 16.1 Å². The maximum absolute atomic E-state index is 14.4. The Morgan fingerprint density at radius 2 is 1.57 bits per heavy atom. The van der Waals surface area contributed by atoms with Crippen molar-refractivity contribution >= 4 is 39.7 Å². The molecule has 1 aliphatic carbocycles. The van der Waals surface area contributed by atoms with Crippen molar-refractivity contribution in [3.63, 3.8) is 0 Å². The summed E-state index contributed by atoms with van der Waals surface area (Å²) in [4.78, 5) is 68.1. The second-order valence-electron chi connectivity index (χ2n) is 17.2. The second kappa shape index (κ2) is 16.9. The lowest BCUT2D eigenvalue weighted by atomic mass is 9.85. The minimum Gasteiger partial charge on any atom is -0.465 e. The van der Waals surface area contributed by atoms with Crippen LogP contribution in [0.3, 0.4) is 0 Å². The number of urea groups is 1. The molecule has 1 aliphatic heterocycles. The minimum atomic E-state index is -3.55. The molecule has 0 aromatic heterocycles. The number of benzene rings is 1. The molecular formula is C37H58F2N6O8S. The Bertz CT molecular complexity index is 1660. The molecule has 54 heavy (non-hydrogen) atoms. The zero-order valence-corrected chi connectivity index (χ0v) is 34.0. The van der Waals surface area contributed by atoms with E-state index in [4.69, 9.17) is 0 Å². The lowest BCUT2D eigenvalue weighted by Gasteiger charge is -2.39. The predicted octanol–water partition coefficient (Wildman–Crippen LogP) is 2.77. The predicted molar refractivity (Wildman–Crippen MR) is 199 cm³/mol. The number of nitrogens with zero attached hydrogens (tertiary/aromatic N) is 2. The van der Waals surface area contributed by atoms with Crippen molar-refractivity contribution in [2.75, 3.05) is 40.0 Å². The van der Waals surface area contributed by atoms with Gasteiger partial charge >= 0.3 is 12.0 Å². The molecule has 0 bridgehead atoms. The van der Waals surface area contributed by atoms with Gasteiger partial charge in [0.15, 0.2) is 0 Å². The van der Waals surface area contributed by atoms with Crippen molar-refractivity contribution in [3.8, 4) is 0 Å². The van der Waals surface area contributed by atoms with Crippen LogP contribution in [-0.2, 0) is 35.6 Å². The van der Waals surface area contributed by atoms with Crippen LogP contribution in [0.15, 0.2) is 24.3 Å². The van der Waals surface area contributed by atoms with Gasteiger partial charge in [-0.1, -0.05) is 67.5 Å². The summed E-state index contributed by atoms with van der Waals surface area (Å²) < 4.78 is 57.5. The zero-order chi connectivity index (χ0) is 41.1. The van der Waals surface area contributed by atoms with Crippen LogP contribution in [0.2, 0.25) is 0 Å². The molecule has 304 valence electrons. The van der Waals surface area contributed by atoms with Gasteiger partial charge in [0.05, 0.1) is 18.9 Å². The molecule has 2 fully saturated rings. The van der Waals surface area contributed by atoms with E-state index in [1.165, 1.54) is 19.1 Å². The number of alkyl halides is 2. The summed E-state index contributed by atoms with van der Waals surface area (Å²) in [5.74, 6) is -2.98. The van der Waals surface area contributed by atoms with Gasteiger partial charge in [-0.25, -0.2) is 31.1 Å². The van der Waals surface area contributed by atoms with E-state index >= 15 is 0 Å². The summed E-state index contributed by atoms with van der Waals surface area (Å²) in [6.45, 7) is 14.9. The molecule has 1 aromatic rings. The van der Waals surface area contributed by atoms with Crippen LogP contribution in [0, 0.1) is 28.1 Å². The van der Waals surface area contributed by atoms with Gasteiger partial charge in [-0.15, -0.1) is 0 Å². The van der Waals surface area contributed by atoms with E-state index in [0.29, 0.717) is 12.0 Å². The molecule has 14 nitrogen and oxygen atoms in total. The molecular weight excluding hydrogens is 727 g/mol. The Hall–Kier alpha value is -3.86. The van der Waals surface area contributed by atoms with Crippen molar-refractivity contribution in [1.82, 2.24) is 30.5 Å². The second-order valence-corrected chi connectivity index (χ2v) is 19.3. The third-order valence-corrected chi connectivity index (χ3v) is 11.9. The van der Waals surface area contributed by atoms with Crippen LogP contribution in [-0.4, -0.2) is 118 Å². The number of piperidine rings is 1. The third kappa shape index (κ3) is 11.1. The Balaban J connectivity index is 1.77. The number of esters is 1. The van der Waals surface area contributed by atoms with Gasteiger partial charge < -0.3 is 30.9 Å². The van der Waals surface area contributed by atoms with Crippen LogP contribution in [0.4, 0.5) is 13.6 Å². The highest BCUT2D eigenvalue weighted by atomic mass is 32.2. The SMILES string of the molecule is COC(=O)c1ccc(CCNC(=O)[C@H](CC(F)F)NC(=O)[C@@H]2[C@@H]3[C@H](CN2C(=O)[C@@H](NC(=O)N[C@H](CN(C)S(C)(=O)=O)C(C)(C)C)C(C)(C)C)C3(C)C)cc1. The number of fused-ring (bicyclic) bond motifs is 1. The average molecular weight is 785 g/mol. The fourth-order valence-corrected chi connectivity index (χ4v) is 7.35. The number of carbonyl (C=O) groups is 5. The normalized spacial score (nSPS) is 21.1. The number of sulfonamides is 1. The molecule has 1 saturated heterocycles. The number of likely N-dealkylation sites (tertiary alicyclic amines) is 1. The fraction of sp³-hybridized carbons (Fsp3) is 0.703. The highest BCUT2D eigenvalue weighted by Gasteiger charge is 2.70. The first-order valence-corrected chi connectivity index (χ1v) is 19.9. The Morgan fingerprint density at radius 1 is 0.981 bits per heavy atom. The van der Waals surface area contributed by atoms with Crippen molar-refractivity contribution in [1.29, 1.82) is 0 Å². The van der Waals surface area contributed by atoms with E-state index in [1.54, 1.807) is 45.0 Å². The van der Waals surface area contributed by atoms with Crippen LogP contribution in [0.5, 0.6) is 0 Å². The van der Waals surface area contributed by atoms with Gasteiger partial charge in [0.25, 0.3) is 0 Å². The molecule has 6 atom stereocenters. The van der Waals surface area contributed by atoms with Crippen molar-refractivity contribution in [3.05, 3.63) is 35.4 Å². The highest BCUT2D eigenvalue weighted by molar-refractivity contribution is 7.88. The van der Waals surface area contributed by atoms with E-state index < -0.39 is 87.6 Å². The number of carbonyl (C=O) groups excluding carboxylic acids is 5. The number of hydrogen-bond donors (Lipinski definition) is 4. The number of nitrogens with one attached hydrogen (secondary N) is 4. The van der Waals surface area contributed by atoms with E-state index in [1.807, 2.05) is 34.6 Å². The molecule has 1 heterocycles. The zero-order valence-electron chi connectivity index (χ0n) is 33.2. The van der Waals surface area contributed by atoms with Gasteiger partial charge in [0.2, 0.25) is 34.2 Å². The van der Waals surface area contributed by atoms with Gasteiger partial charge in [0.1, 0.15) is 18.1 Å². The lowest BCUT2D eigenvalue weighted by Crippen LogP contribution is -2.62. The quantitative estimate of drug-likeness (QED) is 0.196. The van der Waals surface area contributed by atoms with Crippen molar-refractivity contribution in [2.24, 2.45) is 28.1 Å². The molecule has 5 amide bonds. The number of methoxy groups -OCH3 is 1. The number of hydrogen-bond acceptors (Lipinski definition) is 8. The lowest BCUT2D eigenvalue weighted by molar-refractivity contribution is -0.144. The minimum absolute atomic E-state index is 0.0196. The molecule has 2 aliphatic rings. The molecule has 1 aromatic carbocycles. The molecule has 0 unspecified atom stereocenters. The number of rotatable bonds is 15. The van der Waals surface area contributed by atoms with Gasteiger partial charge in [-0.3, -0.25) is 14.4 Å². The standard InChI is InChI=1S/C37H58F2N6O8S/c1-35(2,3)25(20-44(9)54(11,51)52)42-34(50)43-29(36(4,5)6)32(48)45-19-23-27(37(23,7)8)28(45)31(47)41-24(18-26(38)39)30(46)40-17-16-21-12-14-22(15-13-21)33(49)53-10/h12-15,23-29H,16-20H2,1-11H3,(H,40,46)(H,41,47)(H2,42,43,50)/t23-,24-,25+,27-,28-,29+/m0/s1. The first kappa shape index (κ1) is 44.5. The summed E-state index contributed by atoms with van der Waals surface area (Å²) in [5.41, 5.74) is -0.638. The number of amides is 5. The van der Waals surface area contributed by atoms with E-state index in [9.17, 15) is 41.2 Å². The molecule has 4 N–H and O–H groups in total. The van der Waals surface area contributed by atoms with Crippen LogP contribution < -0.4 is 21.3 Å². The maximum atomic E-state index is 14.4. The molecule has 17 heteroatoms. The average Bonchev–Trinajstić information content (AvgIpc) is 3.35. The van der Waals surface area contributed by atoms with Gasteiger partial charge in [-0.05, 0) is 52.2 Å². The number of ether oxygens (including phenoxy) is 1. The summed E-state index contributed by atoms with van der Waals surface area (Å²) in [7, 11) is -0.873. The summed E-state index contributed by atoms with van der Waals surface area (Å²) in [5, 5.41) is 10.7. The topological polar surface area (TPSA) is 183 Å². The van der Waals surface area contributed by atoms with Crippen LogP contribution in [0.25, 0.3) is 0 Å². The highest BCUT2D eigenvalue weighted by Crippen LogP contribution is 2.65. The molecule has 1 saturated carbocycles. The Kier molecular flexibility index (Phi) is 13.9. The molecule has 0 radical (unpaired) electrons.